The summed E-state index contributed by atoms with van der Waals surface area (Å²) in [7, 11) is -4.38. The van der Waals surface area contributed by atoms with Crippen molar-refractivity contribution in [2.45, 2.75) is 24.5 Å². The van der Waals surface area contributed by atoms with E-state index in [2.05, 4.69) is 4.98 Å². The van der Waals surface area contributed by atoms with Gasteiger partial charge in [0, 0.05) is 18.1 Å². The Hall–Kier alpha value is -1.33. The predicted molar refractivity (Wildman–Crippen MR) is 72.6 cm³/mol. The van der Waals surface area contributed by atoms with E-state index in [4.69, 9.17) is 5.73 Å². The molecule has 2 aromatic heterocycles. The molecule has 0 radical (unpaired) electrons. The number of thiazole rings is 1. The van der Waals surface area contributed by atoms with Gasteiger partial charge in [0.1, 0.15) is 6.54 Å². The maximum Gasteiger partial charge on any atom is 0.402 e. The summed E-state index contributed by atoms with van der Waals surface area (Å²) in [5.41, 5.74) is 5.57. The van der Waals surface area contributed by atoms with Crippen LogP contribution in [0.15, 0.2) is 16.6 Å². The Morgan fingerprint density at radius 3 is 2.71 bits per heavy atom. The van der Waals surface area contributed by atoms with Gasteiger partial charge in [0.15, 0.2) is 15.8 Å². The molecule has 0 unspecified atom stereocenters. The summed E-state index contributed by atoms with van der Waals surface area (Å²) < 4.78 is 64.3. The maximum atomic E-state index is 12.6. The van der Waals surface area contributed by atoms with E-state index in [0.29, 0.717) is 9.27 Å². The van der Waals surface area contributed by atoms with Crippen LogP contribution in [0.2, 0.25) is 0 Å². The predicted octanol–water partition coefficient (Wildman–Crippen LogP) is 1.94. The largest absolute Gasteiger partial charge is 0.402 e. The molecule has 0 amide bonds. The zero-order valence-corrected chi connectivity index (χ0v) is 12.6. The normalized spacial score (nSPS) is 13.4. The van der Waals surface area contributed by atoms with Crippen molar-refractivity contribution in [2.24, 2.45) is 0 Å². The van der Waals surface area contributed by atoms with Gasteiger partial charge in [-0.2, -0.15) is 17.5 Å². The Balaban J connectivity index is 2.52. The zero-order chi connectivity index (χ0) is 15.8. The third kappa shape index (κ3) is 3.14. The van der Waals surface area contributed by atoms with Crippen molar-refractivity contribution >= 4 is 32.1 Å². The molecule has 2 heterocycles. The number of nitrogens with zero attached hydrogens (tertiary/aromatic N) is 3. The minimum Gasteiger partial charge on any atom is -0.381 e. The second kappa shape index (κ2) is 5.46. The quantitative estimate of drug-likeness (QED) is 0.900. The third-order valence-electron chi connectivity index (χ3n) is 2.66. The minimum absolute atomic E-state index is 0.251. The highest BCUT2D eigenvalue weighted by atomic mass is 32.2. The standard InChI is InChI=1S/C10H13F3N4O2S2/c1-2-3-16(6-10(11,12)13)21(18,19)8-7(14)15-9-17(8)4-5-20-9/h4-5H,2-3,6,14H2,1H3. The highest BCUT2D eigenvalue weighted by Gasteiger charge is 2.39. The van der Waals surface area contributed by atoms with Crippen LogP contribution in [0.4, 0.5) is 19.0 Å². The van der Waals surface area contributed by atoms with Crippen molar-refractivity contribution in [2.75, 3.05) is 18.8 Å². The summed E-state index contributed by atoms with van der Waals surface area (Å²) in [6, 6.07) is 0. The number of aromatic nitrogens is 2. The van der Waals surface area contributed by atoms with Gasteiger partial charge in [-0.15, -0.1) is 11.3 Å². The van der Waals surface area contributed by atoms with Crippen molar-refractivity contribution in [3.63, 3.8) is 0 Å². The lowest BCUT2D eigenvalue weighted by Gasteiger charge is -2.22. The lowest BCUT2D eigenvalue weighted by atomic mass is 10.5. The second-order valence-corrected chi connectivity index (χ2v) is 7.04. The molecule has 0 fully saturated rings. The lowest BCUT2D eigenvalue weighted by Crippen LogP contribution is -2.40. The molecule has 118 valence electrons. The molecule has 6 nitrogen and oxygen atoms in total. The molecule has 0 spiro atoms. The van der Waals surface area contributed by atoms with Crippen LogP contribution >= 0.6 is 11.3 Å². The number of fused-ring (bicyclic) bond motifs is 1. The van der Waals surface area contributed by atoms with E-state index >= 15 is 0 Å². The summed E-state index contributed by atoms with van der Waals surface area (Å²) in [4.78, 5) is 4.16. The molecule has 0 bridgehead atoms. The SMILES string of the molecule is CCCN(CC(F)(F)F)S(=O)(=O)c1c(N)nc2sccn12. The van der Waals surface area contributed by atoms with Crippen molar-refractivity contribution < 1.29 is 21.6 Å². The number of alkyl halides is 3. The van der Waals surface area contributed by atoms with Crippen molar-refractivity contribution in [3.8, 4) is 0 Å². The molecule has 11 heteroatoms. The fraction of sp³-hybridized carbons (Fsp3) is 0.500. The third-order valence-corrected chi connectivity index (χ3v) is 5.30. The van der Waals surface area contributed by atoms with E-state index in [9.17, 15) is 21.6 Å². The first-order valence-corrected chi connectivity index (χ1v) is 8.26. The molecule has 0 aliphatic carbocycles. The maximum absolute atomic E-state index is 12.6. The number of halogens is 3. The van der Waals surface area contributed by atoms with Crippen LogP contribution in [-0.2, 0) is 10.0 Å². The summed E-state index contributed by atoms with van der Waals surface area (Å²) in [6.07, 6.45) is -2.97. The van der Waals surface area contributed by atoms with E-state index in [-0.39, 0.29) is 18.8 Å². The average Bonchev–Trinajstić information content (AvgIpc) is 2.85. The van der Waals surface area contributed by atoms with Crippen LogP contribution in [0.25, 0.3) is 4.96 Å². The molecule has 2 rings (SSSR count). The van der Waals surface area contributed by atoms with Gasteiger partial charge < -0.3 is 5.73 Å². The van der Waals surface area contributed by atoms with E-state index in [1.807, 2.05) is 0 Å². The zero-order valence-electron chi connectivity index (χ0n) is 11.0. The van der Waals surface area contributed by atoms with Crippen LogP contribution in [0, 0.1) is 0 Å². The van der Waals surface area contributed by atoms with E-state index in [0.717, 1.165) is 11.3 Å². The van der Waals surface area contributed by atoms with Gasteiger partial charge in [-0.25, -0.2) is 13.4 Å². The molecule has 0 saturated carbocycles. The Bertz CT molecular complexity index is 735. The Labute approximate surface area is 123 Å². The fourth-order valence-electron chi connectivity index (χ4n) is 1.89. The Morgan fingerprint density at radius 1 is 1.48 bits per heavy atom. The number of hydrogen-bond acceptors (Lipinski definition) is 5. The molecule has 0 atom stereocenters. The second-order valence-electron chi connectivity index (χ2n) is 4.31. The number of nitrogens with two attached hydrogens (primary N) is 1. The number of anilines is 1. The molecule has 2 N–H and O–H groups in total. The first-order valence-electron chi connectivity index (χ1n) is 5.94. The van der Waals surface area contributed by atoms with E-state index in [1.165, 1.54) is 10.6 Å². The first kappa shape index (κ1) is 16.0. The molecule has 0 aliphatic heterocycles. The molecule has 0 aliphatic rings. The van der Waals surface area contributed by atoms with Crippen LogP contribution in [0.1, 0.15) is 13.3 Å². The topological polar surface area (TPSA) is 80.7 Å². The van der Waals surface area contributed by atoms with Gasteiger partial charge in [0.05, 0.1) is 0 Å². The molecular formula is C10H13F3N4O2S2. The smallest absolute Gasteiger partial charge is 0.381 e. The number of sulfonamides is 1. The van der Waals surface area contributed by atoms with Crippen molar-refractivity contribution in [1.29, 1.82) is 0 Å². The van der Waals surface area contributed by atoms with E-state index in [1.54, 1.807) is 12.3 Å². The highest BCUT2D eigenvalue weighted by molar-refractivity contribution is 7.89. The highest BCUT2D eigenvalue weighted by Crippen LogP contribution is 2.28. The fourth-order valence-corrected chi connectivity index (χ4v) is 4.36. The van der Waals surface area contributed by atoms with Crippen LogP contribution in [0.3, 0.4) is 0 Å². The molecule has 21 heavy (non-hydrogen) atoms. The van der Waals surface area contributed by atoms with Gasteiger partial charge in [-0.1, -0.05) is 6.92 Å². The molecule has 2 aromatic rings. The van der Waals surface area contributed by atoms with Crippen molar-refractivity contribution in [3.05, 3.63) is 11.6 Å². The Morgan fingerprint density at radius 2 is 2.14 bits per heavy atom. The lowest BCUT2D eigenvalue weighted by molar-refractivity contribution is -0.136. The van der Waals surface area contributed by atoms with Crippen molar-refractivity contribution in [1.82, 2.24) is 13.7 Å². The average molecular weight is 342 g/mol. The van der Waals surface area contributed by atoms with E-state index < -0.39 is 27.8 Å². The minimum atomic E-state index is -4.63. The number of nitrogen functional groups attached to an aromatic ring is 1. The number of imidazole rings is 1. The van der Waals surface area contributed by atoms with Gasteiger partial charge in [-0.3, -0.25) is 4.40 Å². The monoisotopic (exact) mass is 342 g/mol. The van der Waals surface area contributed by atoms with Crippen LogP contribution < -0.4 is 5.73 Å². The molecule has 0 saturated heterocycles. The summed E-state index contributed by atoms with van der Waals surface area (Å²) in [5, 5.41) is 1.16. The number of rotatable bonds is 5. The van der Waals surface area contributed by atoms with Gasteiger partial charge >= 0.3 is 6.18 Å². The van der Waals surface area contributed by atoms with Gasteiger partial charge in [0.25, 0.3) is 10.0 Å². The Kier molecular flexibility index (Phi) is 4.17. The van der Waals surface area contributed by atoms with Gasteiger partial charge in [0.2, 0.25) is 0 Å². The number of hydrogen-bond donors (Lipinski definition) is 1. The first-order chi connectivity index (χ1) is 9.66. The summed E-state index contributed by atoms with van der Waals surface area (Å²) in [6.45, 7) is -0.211. The van der Waals surface area contributed by atoms with Crippen LogP contribution in [0.5, 0.6) is 0 Å². The summed E-state index contributed by atoms with van der Waals surface area (Å²) in [5.74, 6) is -0.301. The molecular weight excluding hydrogens is 329 g/mol. The van der Waals surface area contributed by atoms with Crippen LogP contribution in [-0.4, -0.2) is 41.4 Å². The summed E-state index contributed by atoms with van der Waals surface area (Å²) >= 11 is 1.14. The van der Waals surface area contributed by atoms with Gasteiger partial charge in [-0.05, 0) is 6.42 Å². The molecule has 0 aromatic carbocycles.